The van der Waals surface area contributed by atoms with E-state index in [1.165, 1.54) is 107 Å². The lowest BCUT2D eigenvalue weighted by Gasteiger charge is -2.27. The van der Waals surface area contributed by atoms with E-state index in [0.717, 1.165) is 34.1 Å². The van der Waals surface area contributed by atoms with E-state index in [2.05, 4.69) is 289 Å². The lowest BCUT2D eigenvalue weighted by molar-refractivity contribution is 1.30. The number of fused-ring (bicyclic) bond motifs is 14. The largest absolute Gasteiger partial charge is 0.310 e. The summed E-state index contributed by atoms with van der Waals surface area (Å²) in [7, 11) is 0. The van der Waals surface area contributed by atoms with Gasteiger partial charge in [-0.2, -0.15) is 0 Å². The van der Waals surface area contributed by atoms with Crippen molar-refractivity contribution in [1.29, 1.82) is 0 Å². The summed E-state index contributed by atoms with van der Waals surface area (Å²) in [6.45, 7) is 0. The Labute approximate surface area is 438 Å². The van der Waals surface area contributed by atoms with Crippen LogP contribution in [0.1, 0.15) is 0 Å². The van der Waals surface area contributed by atoms with Gasteiger partial charge in [-0.3, -0.25) is 0 Å². The third-order valence-electron chi connectivity index (χ3n) is 15.4. The Kier molecular flexibility index (Phi) is 10.1. The highest BCUT2D eigenvalue weighted by Gasteiger charge is 2.21. The molecule has 0 amide bonds. The number of hydrogen-bond acceptors (Lipinski definition) is 3. The summed E-state index contributed by atoms with van der Waals surface area (Å²) in [4.78, 5) is 4.86. The number of rotatable bonds is 8. The summed E-state index contributed by atoms with van der Waals surface area (Å²) < 4.78 is 2.55. The van der Waals surface area contributed by atoms with Gasteiger partial charge in [-0.25, -0.2) is 0 Å². The van der Waals surface area contributed by atoms with Gasteiger partial charge >= 0.3 is 0 Å². The molecule has 0 aliphatic carbocycles. The Morgan fingerprint density at radius 3 is 1.09 bits per heavy atom. The van der Waals surface area contributed by atoms with Crippen molar-refractivity contribution in [2.75, 3.05) is 9.80 Å². The maximum atomic E-state index is 2.43. The van der Waals surface area contributed by atoms with Crippen molar-refractivity contribution in [2.45, 2.75) is 0 Å². The summed E-state index contributed by atoms with van der Waals surface area (Å²) in [6.07, 6.45) is 0. The topological polar surface area (TPSA) is 6.48 Å². The normalized spacial score (nSPS) is 11.7. The summed E-state index contributed by atoms with van der Waals surface area (Å²) in [5, 5.41) is 17.5. The van der Waals surface area contributed by atoms with Crippen LogP contribution in [0.5, 0.6) is 0 Å². The molecule has 0 saturated heterocycles. The third kappa shape index (κ3) is 7.31. The highest BCUT2D eigenvalue weighted by molar-refractivity contribution is 7.27. The molecule has 15 aromatic rings. The Balaban J connectivity index is 0.905. The standard InChI is InChI=1S/C72H46N2S/c1-3-13-47(14-4-1)49-27-33-55(34-28-49)73(57-37-31-53-25-23-51-17-7-9-19-61(51)67(53)43-57)59-39-41-65-69(45-59)63-21-11-12-22-64(63)71-66-42-40-60(46-70(66)75-72(65)71)74(56-35-29-50(30-36-56)48-15-5-2-6-16-48)58-38-32-54-26-24-52-18-8-10-20-62(52)68(54)44-58/h1-46H. The van der Waals surface area contributed by atoms with Gasteiger partial charge in [-0.05, 0) is 154 Å². The first-order valence-corrected chi connectivity index (χ1v) is 26.5. The monoisotopic (exact) mass is 970 g/mol. The van der Waals surface area contributed by atoms with Crippen LogP contribution in [-0.2, 0) is 0 Å². The van der Waals surface area contributed by atoms with Crippen molar-refractivity contribution >= 4 is 130 Å². The average molecular weight is 971 g/mol. The van der Waals surface area contributed by atoms with E-state index in [1.54, 1.807) is 0 Å². The predicted molar refractivity (Wildman–Crippen MR) is 325 cm³/mol. The first-order chi connectivity index (χ1) is 37.2. The molecule has 0 unspecified atom stereocenters. The smallest absolute Gasteiger partial charge is 0.0476 e. The van der Waals surface area contributed by atoms with Gasteiger partial charge in [0.15, 0.2) is 0 Å². The third-order valence-corrected chi connectivity index (χ3v) is 16.6. The minimum absolute atomic E-state index is 1.10. The van der Waals surface area contributed by atoms with E-state index >= 15 is 0 Å². The van der Waals surface area contributed by atoms with Gasteiger partial charge < -0.3 is 9.80 Å². The van der Waals surface area contributed by atoms with Gasteiger partial charge in [0.25, 0.3) is 0 Å². The molecular formula is C72H46N2S. The second-order valence-corrected chi connectivity index (χ2v) is 20.7. The average Bonchev–Trinajstić information content (AvgIpc) is 3.88. The summed E-state index contributed by atoms with van der Waals surface area (Å²) >= 11 is 1.90. The second kappa shape index (κ2) is 17.6. The molecule has 3 heteroatoms. The zero-order valence-electron chi connectivity index (χ0n) is 40.9. The van der Waals surface area contributed by atoms with Crippen molar-refractivity contribution < 1.29 is 0 Å². The van der Waals surface area contributed by atoms with E-state index in [9.17, 15) is 0 Å². The maximum absolute atomic E-state index is 2.43. The highest BCUT2D eigenvalue weighted by Crippen LogP contribution is 2.49. The molecule has 0 spiro atoms. The SMILES string of the molecule is c1ccc(-c2ccc(N(c3ccc4c(c3)sc3c5ccc(N(c6ccc(-c7ccccc7)cc6)c6ccc7ccc8ccccc8c7c6)cc5c5ccccc5c43)c3ccc4ccc5ccccc5c4c3)cc2)cc1. The second-order valence-electron chi connectivity index (χ2n) is 19.6. The Morgan fingerprint density at radius 1 is 0.213 bits per heavy atom. The fraction of sp³-hybridized carbons (Fsp3) is 0. The molecule has 0 N–H and O–H groups in total. The molecule has 0 aliphatic rings. The van der Waals surface area contributed by atoms with Gasteiger partial charge in [0.2, 0.25) is 0 Å². The van der Waals surface area contributed by atoms with Crippen molar-refractivity contribution in [3.8, 4) is 22.3 Å². The lowest BCUT2D eigenvalue weighted by Crippen LogP contribution is -2.10. The number of nitrogens with zero attached hydrogens (tertiary/aromatic N) is 2. The van der Waals surface area contributed by atoms with E-state index in [-0.39, 0.29) is 0 Å². The molecule has 1 heterocycles. The molecule has 0 aliphatic heterocycles. The summed E-state index contributed by atoms with van der Waals surface area (Å²) in [5.74, 6) is 0. The molecule has 14 aromatic carbocycles. The van der Waals surface area contributed by atoms with Crippen LogP contribution in [0.15, 0.2) is 279 Å². The fourth-order valence-corrected chi connectivity index (χ4v) is 13.0. The number of anilines is 6. The molecule has 2 nitrogen and oxygen atoms in total. The van der Waals surface area contributed by atoms with Crippen LogP contribution in [0.2, 0.25) is 0 Å². The Hall–Kier alpha value is -9.54. The number of hydrogen-bond donors (Lipinski definition) is 0. The van der Waals surface area contributed by atoms with Crippen LogP contribution in [0.3, 0.4) is 0 Å². The van der Waals surface area contributed by atoms with E-state index in [1.807, 2.05) is 11.3 Å². The molecule has 350 valence electrons. The molecule has 15 rings (SSSR count). The van der Waals surface area contributed by atoms with Gasteiger partial charge in [0.1, 0.15) is 0 Å². The predicted octanol–water partition coefficient (Wildman–Crippen LogP) is 21.2. The van der Waals surface area contributed by atoms with Crippen molar-refractivity contribution in [3.63, 3.8) is 0 Å². The van der Waals surface area contributed by atoms with Crippen LogP contribution in [-0.4, -0.2) is 0 Å². The van der Waals surface area contributed by atoms with Crippen LogP contribution in [0.4, 0.5) is 34.1 Å². The molecule has 0 radical (unpaired) electrons. The molecular weight excluding hydrogens is 925 g/mol. The molecule has 0 bridgehead atoms. The molecule has 0 atom stereocenters. The number of thiophene rings is 1. The van der Waals surface area contributed by atoms with Gasteiger partial charge in [-0.15, -0.1) is 11.3 Å². The first-order valence-electron chi connectivity index (χ1n) is 25.7. The summed E-state index contributed by atoms with van der Waals surface area (Å²) in [6, 6.07) is 103. The first kappa shape index (κ1) is 43.1. The molecule has 75 heavy (non-hydrogen) atoms. The quantitative estimate of drug-likeness (QED) is 0.140. The zero-order valence-corrected chi connectivity index (χ0v) is 41.7. The van der Waals surface area contributed by atoms with E-state index in [0.29, 0.717) is 0 Å². The molecule has 0 saturated carbocycles. The van der Waals surface area contributed by atoms with Crippen LogP contribution < -0.4 is 9.80 Å². The molecule has 0 fully saturated rings. The van der Waals surface area contributed by atoms with E-state index in [4.69, 9.17) is 0 Å². The lowest BCUT2D eigenvalue weighted by atomic mass is 9.96. The minimum Gasteiger partial charge on any atom is -0.310 e. The molecule has 1 aromatic heterocycles. The fourth-order valence-electron chi connectivity index (χ4n) is 11.7. The van der Waals surface area contributed by atoms with E-state index < -0.39 is 0 Å². The minimum atomic E-state index is 1.10. The van der Waals surface area contributed by atoms with Crippen LogP contribution in [0.25, 0.3) is 107 Å². The number of benzene rings is 14. The van der Waals surface area contributed by atoms with Crippen molar-refractivity contribution in [1.82, 2.24) is 0 Å². The van der Waals surface area contributed by atoms with Gasteiger partial charge in [-0.1, -0.05) is 206 Å². The zero-order chi connectivity index (χ0) is 49.4. The Morgan fingerprint density at radius 2 is 0.573 bits per heavy atom. The van der Waals surface area contributed by atoms with Gasteiger partial charge in [0.05, 0.1) is 0 Å². The Bertz CT molecular complexity index is 4700. The van der Waals surface area contributed by atoms with Crippen molar-refractivity contribution in [3.05, 3.63) is 279 Å². The van der Waals surface area contributed by atoms with Crippen LogP contribution in [0, 0.1) is 0 Å². The van der Waals surface area contributed by atoms with Gasteiger partial charge in [0, 0.05) is 59.7 Å². The summed E-state index contributed by atoms with van der Waals surface area (Å²) in [5.41, 5.74) is 11.5. The highest BCUT2D eigenvalue weighted by atomic mass is 32.1. The van der Waals surface area contributed by atoms with Crippen LogP contribution >= 0.6 is 11.3 Å². The van der Waals surface area contributed by atoms with Crippen molar-refractivity contribution in [2.24, 2.45) is 0 Å². The maximum Gasteiger partial charge on any atom is 0.0476 e.